The van der Waals surface area contributed by atoms with Crippen molar-refractivity contribution in [1.82, 2.24) is 0 Å². The third-order valence-electron chi connectivity index (χ3n) is 2.08. The monoisotopic (exact) mass is 194 g/mol. The smallest absolute Gasteiger partial charge is 0.0106 e. The summed E-state index contributed by atoms with van der Waals surface area (Å²) in [5.74, 6) is 0.556. The molecule has 0 radical (unpaired) electrons. The molecule has 0 aromatic rings. The van der Waals surface area contributed by atoms with Crippen molar-refractivity contribution in [2.24, 2.45) is 17.4 Å². The van der Waals surface area contributed by atoms with E-state index in [9.17, 15) is 0 Å². The molecule has 0 saturated heterocycles. The van der Waals surface area contributed by atoms with Crippen molar-refractivity contribution in [2.45, 2.75) is 19.3 Å². The Kier molecular flexibility index (Phi) is 9.59. The molecule has 1 unspecified atom stereocenters. The molecule has 0 heterocycles. The molecule has 0 aliphatic rings. The van der Waals surface area contributed by atoms with E-state index in [2.05, 4.69) is 18.7 Å². The Balaban J connectivity index is 3.62. The van der Waals surface area contributed by atoms with E-state index in [-0.39, 0.29) is 0 Å². The third-order valence-corrected chi connectivity index (χ3v) is 2.08. The van der Waals surface area contributed by atoms with Crippen molar-refractivity contribution >= 4 is 0 Å². The number of allylic oxidation sites excluding steroid dienone is 3. The predicted molar refractivity (Wildman–Crippen MR) is 63.9 cm³/mol. The molecule has 2 nitrogen and oxygen atoms in total. The van der Waals surface area contributed by atoms with Gasteiger partial charge in [-0.1, -0.05) is 30.4 Å². The first-order chi connectivity index (χ1) is 6.85. The first-order valence-corrected chi connectivity index (χ1v) is 5.17. The quantitative estimate of drug-likeness (QED) is 0.581. The fourth-order valence-corrected chi connectivity index (χ4v) is 1.22. The van der Waals surface area contributed by atoms with E-state index < -0.39 is 0 Å². The summed E-state index contributed by atoms with van der Waals surface area (Å²) in [6.45, 7) is 5.08. The Morgan fingerprint density at radius 3 is 2.21 bits per heavy atom. The van der Waals surface area contributed by atoms with Crippen molar-refractivity contribution in [2.75, 3.05) is 13.1 Å². The van der Waals surface area contributed by atoms with Crippen LogP contribution in [0.1, 0.15) is 19.3 Å². The van der Waals surface area contributed by atoms with Crippen LogP contribution in [0.3, 0.4) is 0 Å². The highest BCUT2D eigenvalue weighted by molar-refractivity contribution is 4.92. The Bertz CT molecular complexity index is 183. The molecule has 0 saturated carbocycles. The van der Waals surface area contributed by atoms with Gasteiger partial charge in [-0.2, -0.15) is 0 Å². The van der Waals surface area contributed by atoms with E-state index in [1.54, 1.807) is 0 Å². The molecule has 0 aliphatic heterocycles. The summed E-state index contributed by atoms with van der Waals surface area (Å²) in [4.78, 5) is 0. The minimum atomic E-state index is 0.556. The van der Waals surface area contributed by atoms with Crippen LogP contribution in [0, 0.1) is 5.92 Å². The highest BCUT2D eigenvalue weighted by Crippen LogP contribution is 2.13. The molecule has 0 aromatic carbocycles. The van der Waals surface area contributed by atoms with Crippen LogP contribution in [0.15, 0.2) is 37.0 Å². The summed E-state index contributed by atoms with van der Waals surface area (Å²) >= 11 is 0. The summed E-state index contributed by atoms with van der Waals surface area (Å²) in [6.07, 6.45) is 13.5. The summed E-state index contributed by atoms with van der Waals surface area (Å²) in [7, 11) is 0. The topological polar surface area (TPSA) is 52.0 Å². The largest absolute Gasteiger partial charge is 0.327 e. The molecule has 0 bridgehead atoms. The molecule has 0 spiro atoms. The average Bonchev–Trinajstić information content (AvgIpc) is 2.22. The maximum Gasteiger partial charge on any atom is 0.0106 e. The van der Waals surface area contributed by atoms with Gasteiger partial charge in [-0.3, -0.25) is 0 Å². The molecule has 0 fully saturated rings. The minimum absolute atomic E-state index is 0.556. The summed E-state index contributed by atoms with van der Waals surface area (Å²) in [6, 6.07) is 0. The average molecular weight is 194 g/mol. The standard InChI is InChI=1S/C12H22N2/c1-2-12(9-5-7-11-14)8-4-3-6-10-13/h2-3,5-7,12H,1,4,8-11,13-14H2/b6-3+,7-5+. The predicted octanol–water partition coefficient (Wildman–Crippen LogP) is 1.99. The summed E-state index contributed by atoms with van der Waals surface area (Å²) < 4.78 is 0. The van der Waals surface area contributed by atoms with Gasteiger partial charge in [-0.15, -0.1) is 6.58 Å². The molecule has 1 atom stereocenters. The first-order valence-electron chi connectivity index (χ1n) is 5.17. The van der Waals surface area contributed by atoms with E-state index >= 15 is 0 Å². The minimum Gasteiger partial charge on any atom is -0.327 e. The molecule has 0 aromatic heterocycles. The van der Waals surface area contributed by atoms with Crippen LogP contribution >= 0.6 is 0 Å². The Labute approximate surface area is 87.4 Å². The SMILES string of the molecule is C=CC(C/C=C/CN)CC/C=C/CN. The molecule has 2 heteroatoms. The first kappa shape index (κ1) is 13.1. The lowest BCUT2D eigenvalue weighted by Crippen LogP contribution is -1.96. The molecule has 0 aliphatic carbocycles. The summed E-state index contributed by atoms with van der Waals surface area (Å²) in [5, 5.41) is 0. The molecule has 14 heavy (non-hydrogen) atoms. The zero-order valence-electron chi connectivity index (χ0n) is 8.86. The molecule has 0 rings (SSSR count). The van der Waals surface area contributed by atoms with Crippen molar-refractivity contribution in [3.8, 4) is 0 Å². The van der Waals surface area contributed by atoms with E-state index in [1.165, 1.54) is 0 Å². The Morgan fingerprint density at radius 1 is 1.00 bits per heavy atom. The maximum atomic E-state index is 5.36. The molecule has 0 amide bonds. The van der Waals surface area contributed by atoms with Crippen molar-refractivity contribution < 1.29 is 0 Å². The zero-order valence-corrected chi connectivity index (χ0v) is 8.86. The highest BCUT2D eigenvalue weighted by atomic mass is 14.5. The second kappa shape index (κ2) is 10.2. The van der Waals surface area contributed by atoms with Gasteiger partial charge in [0.25, 0.3) is 0 Å². The van der Waals surface area contributed by atoms with Crippen LogP contribution in [-0.2, 0) is 0 Å². The lowest BCUT2D eigenvalue weighted by molar-refractivity contribution is 0.607. The van der Waals surface area contributed by atoms with E-state index in [0.717, 1.165) is 19.3 Å². The second-order valence-electron chi connectivity index (χ2n) is 3.22. The van der Waals surface area contributed by atoms with Gasteiger partial charge in [0.05, 0.1) is 0 Å². The van der Waals surface area contributed by atoms with Crippen LogP contribution in [0.2, 0.25) is 0 Å². The van der Waals surface area contributed by atoms with Crippen LogP contribution in [0.5, 0.6) is 0 Å². The zero-order chi connectivity index (χ0) is 10.6. The molecular formula is C12H22N2. The number of rotatable bonds is 8. The highest BCUT2D eigenvalue weighted by Gasteiger charge is 1.99. The number of hydrogen-bond acceptors (Lipinski definition) is 2. The van der Waals surface area contributed by atoms with Gasteiger partial charge in [0.15, 0.2) is 0 Å². The van der Waals surface area contributed by atoms with Gasteiger partial charge in [0, 0.05) is 13.1 Å². The van der Waals surface area contributed by atoms with Crippen molar-refractivity contribution in [3.05, 3.63) is 37.0 Å². The summed E-state index contributed by atoms with van der Waals surface area (Å²) in [5.41, 5.74) is 10.7. The van der Waals surface area contributed by atoms with Gasteiger partial charge in [0.1, 0.15) is 0 Å². The van der Waals surface area contributed by atoms with Gasteiger partial charge in [0.2, 0.25) is 0 Å². The normalized spacial score (nSPS) is 13.9. The van der Waals surface area contributed by atoms with E-state index in [1.807, 2.05) is 18.2 Å². The number of nitrogens with two attached hydrogens (primary N) is 2. The van der Waals surface area contributed by atoms with Gasteiger partial charge < -0.3 is 11.5 Å². The Morgan fingerprint density at radius 2 is 1.64 bits per heavy atom. The maximum absolute atomic E-state index is 5.36. The van der Waals surface area contributed by atoms with Gasteiger partial charge in [-0.25, -0.2) is 0 Å². The van der Waals surface area contributed by atoms with E-state index in [0.29, 0.717) is 19.0 Å². The van der Waals surface area contributed by atoms with Gasteiger partial charge in [-0.05, 0) is 25.2 Å². The van der Waals surface area contributed by atoms with Crippen LogP contribution in [0.4, 0.5) is 0 Å². The van der Waals surface area contributed by atoms with Crippen LogP contribution in [0.25, 0.3) is 0 Å². The number of hydrogen-bond donors (Lipinski definition) is 2. The fourth-order valence-electron chi connectivity index (χ4n) is 1.22. The van der Waals surface area contributed by atoms with E-state index in [4.69, 9.17) is 11.5 Å². The molecule has 80 valence electrons. The lowest BCUT2D eigenvalue weighted by atomic mass is 9.99. The molecular weight excluding hydrogens is 172 g/mol. The third kappa shape index (κ3) is 7.77. The lowest BCUT2D eigenvalue weighted by Gasteiger charge is -2.07. The second-order valence-corrected chi connectivity index (χ2v) is 3.22. The van der Waals surface area contributed by atoms with Crippen molar-refractivity contribution in [3.63, 3.8) is 0 Å². The van der Waals surface area contributed by atoms with Gasteiger partial charge >= 0.3 is 0 Å². The Hall–Kier alpha value is -0.860. The van der Waals surface area contributed by atoms with Crippen LogP contribution in [-0.4, -0.2) is 13.1 Å². The van der Waals surface area contributed by atoms with Crippen molar-refractivity contribution in [1.29, 1.82) is 0 Å². The van der Waals surface area contributed by atoms with Crippen LogP contribution < -0.4 is 11.5 Å². The fraction of sp³-hybridized carbons (Fsp3) is 0.500. The molecule has 4 N–H and O–H groups in total.